The third-order valence-corrected chi connectivity index (χ3v) is 22.8. The Bertz CT molecular complexity index is 7010. The third-order valence-electron chi connectivity index (χ3n) is 22.8. The Morgan fingerprint density at radius 1 is 0.155 bits per heavy atom. The van der Waals surface area contributed by atoms with E-state index in [-0.39, 0.29) is 70.9 Å². The van der Waals surface area contributed by atoms with Crippen molar-refractivity contribution in [2.24, 2.45) is 0 Å². The molecule has 732 valence electrons. The second-order valence-electron chi connectivity index (χ2n) is 33.0. The van der Waals surface area contributed by atoms with E-state index in [2.05, 4.69) is 6.92 Å². The van der Waals surface area contributed by atoms with Gasteiger partial charge in [-0.3, -0.25) is 0 Å². The number of rotatable bonds is 30. The molecule has 0 aliphatic carbocycles. The zero-order chi connectivity index (χ0) is 102. The minimum atomic E-state index is -1.62. The van der Waals surface area contributed by atoms with Crippen LogP contribution in [-0.4, -0.2) is 0 Å². The maximum absolute atomic E-state index is 14.7. The zero-order valence-corrected chi connectivity index (χ0v) is 76.0. The lowest BCUT2D eigenvalue weighted by atomic mass is 9.99. The first-order valence-corrected chi connectivity index (χ1v) is 44.6. The van der Waals surface area contributed by atoms with Crippen LogP contribution >= 0.6 is 0 Å². The highest BCUT2D eigenvalue weighted by molar-refractivity contribution is 5.76. The number of halogens is 24. The summed E-state index contributed by atoms with van der Waals surface area (Å²) < 4.78 is 355. The summed E-state index contributed by atoms with van der Waals surface area (Å²) in [5, 5.41) is 0. The Morgan fingerprint density at radius 2 is 0.345 bits per heavy atom. The third kappa shape index (κ3) is 26.2. The van der Waals surface area contributed by atoms with E-state index in [4.69, 9.17) is 18.9 Å². The monoisotopic (exact) mass is 1970 g/mol. The van der Waals surface area contributed by atoms with Crippen molar-refractivity contribution in [1.82, 2.24) is 0 Å². The second-order valence-corrected chi connectivity index (χ2v) is 33.0. The molecule has 0 amide bonds. The summed E-state index contributed by atoms with van der Waals surface area (Å²) in [6.07, 6.45) is 7.63. The normalized spacial score (nSPS) is 11.1. The van der Waals surface area contributed by atoms with Crippen molar-refractivity contribution in [1.29, 1.82) is 0 Å². The smallest absolute Gasteiger partial charge is 0.194 e. The average molecular weight is 1970 g/mol. The predicted octanol–water partition coefficient (Wildman–Crippen LogP) is 34.3. The summed E-state index contributed by atoms with van der Waals surface area (Å²) in [4.78, 5) is 0. The minimum absolute atomic E-state index is 0.0711. The summed E-state index contributed by atoms with van der Waals surface area (Å²) in [5.74, 6) is -28.5. The Labute approximate surface area is 801 Å². The van der Waals surface area contributed by atoms with Crippen LogP contribution in [0.2, 0.25) is 0 Å². The van der Waals surface area contributed by atoms with Crippen molar-refractivity contribution >= 4 is 0 Å². The number of aryl methyl sites for hydroxylation is 4. The van der Waals surface area contributed by atoms with E-state index in [1.54, 1.807) is 128 Å². The van der Waals surface area contributed by atoms with Gasteiger partial charge < -0.3 is 18.9 Å². The number of ether oxygens (including phenoxy) is 4. The molecular weight excluding hydrogens is 1890 g/mol. The average Bonchev–Trinajstić information content (AvgIpc) is 0.805. The van der Waals surface area contributed by atoms with E-state index in [9.17, 15) is 105 Å². The highest BCUT2D eigenvalue weighted by Crippen LogP contribution is 2.39. The number of hydrogen-bond donors (Lipinski definition) is 0. The molecule has 16 rings (SSSR count). The van der Waals surface area contributed by atoms with Crippen molar-refractivity contribution in [2.45, 2.75) is 118 Å². The summed E-state index contributed by atoms with van der Waals surface area (Å²) in [7, 11) is 0. The Hall–Kier alpha value is -15.0. The van der Waals surface area contributed by atoms with Crippen LogP contribution in [0.5, 0.6) is 23.0 Å². The maximum Gasteiger partial charge on any atom is 0.194 e. The van der Waals surface area contributed by atoms with Gasteiger partial charge in [-0.2, -0.15) is 0 Å². The fourth-order valence-electron chi connectivity index (χ4n) is 15.2. The summed E-state index contributed by atoms with van der Waals surface area (Å²) in [6, 6.07) is 59.3. The molecule has 0 unspecified atom stereocenters. The van der Waals surface area contributed by atoms with Crippen LogP contribution in [0.25, 0.3) is 89.0 Å². The van der Waals surface area contributed by atoms with Crippen LogP contribution in [0, 0.1) is 140 Å². The van der Waals surface area contributed by atoms with Crippen molar-refractivity contribution in [3.8, 4) is 112 Å². The van der Waals surface area contributed by atoms with Gasteiger partial charge in [0.25, 0.3) is 0 Å². The molecule has 16 aromatic carbocycles. The Kier molecular flexibility index (Phi) is 35.1. The molecule has 0 fully saturated rings. The van der Waals surface area contributed by atoms with Crippen molar-refractivity contribution in [2.75, 3.05) is 0 Å². The molecule has 0 saturated heterocycles. The van der Waals surface area contributed by atoms with Gasteiger partial charge in [-0.1, -0.05) is 199 Å². The van der Waals surface area contributed by atoms with E-state index in [1.165, 1.54) is 97.1 Å². The van der Waals surface area contributed by atoms with Crippen molar-refractivity contribution in [3.63, 3.8) is 0 Å². The van der Waals surface area contributed by atoms with Gasteiger partial charge in [-0.25, -0.2) is 105 Å². The van der Waals surface area contributed by atoms with Crippen LogP contribution in [0.15, 0.2) is 267 Å². The first-order chi connectivity index (χ1) is 68.0. The molecule has 0 N–H and O–H groups in total. The van der Waals surface area contributed by atoms with Gasteiger partial charge in [0.15, 0.2) is 139 Å². The number of hydrogen-bond acceptors (Lipinski definition) is 4. The standard InChI is InChI=1S/C30H24F6O.C29H22F6O.C28H20F6O.C27H18F6O/c1-2-3-4-5-19-12-27(34)30(28(35)13-19)37-17-18-6-8-20(9-7-18)21-10-11-23(24(31)14-21)22-15-25(32)29(36)26(33)16-22;1-2-3-4-18-11-26(33)29(27(34)12-18)36-16-17-5-7-19(8-6-17)20-9-10-22(23(30)13-20)21-14-24(31)28(35)25(32)15-21;1-2-3-17-10-25(32)28(26(33)11-17)35-15-16-4-6-18(7-5-16)19-8-9-21(22(29)12-19)20-13-23(30)27(34)24(31)14-20;1-2-15-9-24(31)27(25(32)10-15)34-14-16-3-5-17(6-4-16)18-7-8-20(21(28)11-18)19-12-22(29)26(33)23(30)13-19/h6-16H,2-5,17H2,1H3;5-15H,2-4,16H2,1H3;4-14H,2-3,15H2,1H3;3-13H,2,14H2,1H3. The van der Waals surface area contributed by atoms with Gasteiger partial charge in [0.05, 0.1) is 0 Å². The fraction of sp³-hybridized carbons (Fsp3) is 0.158. The lowest BCUT2D eigenvalue weighted by molar-refractivity contribution is 0.274. The molecule has 16 aromatic rings. The highest BCUT2D eigenvalue weighted by atomic mass is 19.2. The molecule has 0 saturated carbocycles. The minimum Gasteiger partial charge on any atom is -0.483 e. The van der Waals surface area contributed by atoms with Gasteiger partial charge in [0.1, 0.15) is 49.7 Å². The van der Waals surface area contributed by atoms with E-state index < -0.39 is 163 Å². The molecule has 0 radical (unpaired) electrons. The topological polar surface area (TPSA) is 36.9 Å². The van der Waals surface area contributed by atoms with Gasteiger partial charge in [-0.05, 0) is 271 Å². The zero-order valence-electron chi connectivity index (χ0n) is 76.0. The quantitative estimate of drug-likeness (QED) is 0.0255. The van der Waals surface area contributed by atoms with Gasteiger partial charge in [-0.15, -0.1) is 0 Å². The SMILES string of the molecule is CCCCCc1cc(F)c(OCc2ccc(-c3ccc(-c4cc(F)c(F)c(F)c4)c(F)c3)cc2)c(F)c1.CCCCc1cc(F)c(OCc2ccc(-c3ccc(-c4cc(F)c(F)c(F)c4)c(F)c3)cc2)c(F)c1.CCCc1cc(F)c(OCc2ccc(-c3ccc(-c4cc(F)c(F)c(F)c4)c(F)c3)cc2)c(F)c1.CCc1cc(F)c(OCc2ccc(-c3ccc(-c4cc(F)c(F)c(F)c4)c(F)c3)cc2)c(F)c1. The summed E-state index contributed by atoms with van der Waals surface area (Å²) in [5.41, 5.74) is 8.52. The Morgan fingerprint density at radius 3 is 0.542 bits per heavy atom. The van der Waals surface area contributed by atoms with Crippen LogP contribution < -0.4 is 18.9 Å². The van der Waals surface area contributed by atoms with Crippen molar-refractivity contribution < 1.29 is 124 Å². The van der Waals surface area contributed by atoms with Crippen LogP contribution in [-0.2, 0) is 52.1 Å². The molecule has 0 aromatic heterocycles. The van der Waals surface area contributed by atoms with Crippen molar-refractivity contribution in [3.05, 3.63) is 451 Å². The van der Waals surface area contributed by atoms with E-state index >= 15 is 0 Å². The van der Waals surface area contributed by atoms with Gasteiger partial charge in [0.2, 0.25) is 0 Å². The van der Waals surface area contributed by atoms with E-state index in [0.717, 1.165) is 87.1 Å². The molecule has 142 heavy (non-hydrogen) atoms. The molecule has 0 atom stereocenters. The molecular formula is C114H84F24O4. The first kappa shape index (κ1) is 104. The predicted molar refractivity (Wildman–Crippen MR) is 497 cm³/mol. The summed E-state index contributed by atoms with van der Waals surface area (Å²) >= 11 is 0. The second kappa shape index (κ2) is 47.8. The fourth-order valence-corrected chi connectivity index (χ4v) is 15.2. The van der Waals surface area contributed by atoms with E-state index in [1.807, 2.05) is 13.8 Å². The van der Waals surface area contributed by atoms with Crippen LogP contribution in [0.1, 0.15) is 111 Å². The Balaban J connectivity index is 0.000000159. The molecule has 0 aliphatic heterocycles. The number of benzene rings is 16. The molecule has 4 nitrogen and oxygen atoms in total. The number of unbranched alkanes of at least 4 members (excludes halogenated alkanes) is 3. The molecule has 0 heterocycles. The first-order valence-electron chi connectivity index (χ1n) is 44.6. The molecule has 0 spiro atoms. The van der Waals surface area contributed by atoms with Gasteiger partial charge in [0, 0.05) is 22.3 Å². The van der Waals surface area contributed by atoms with Crippen LogP contribution in [0.4, 0.5) is 105 Å². The maximum atomic E-state index is 14.7. The highest BCUT2D eigenvalue weighted by Gasteiger charge is 2.25. The lowest BCUT2D eigenvalue weighted by Gasteiger charge is -2.11. The van der Waals surface area contributed by atoms with Gasteiger partial charge >= 0.3 is 0 Å². The summed E-state index contributed by atoms with van der Waals surface area (Å²) in [6.45, 7) is 7.47. The van der Waals surface area contributed by atoms with E-state index in [0.29, 0.717) is 115 Å². The molecule has 0 aliphatic rings. The molecule has 28 heteroatoms. The lowest BCUT2D eigenvalue weighted by Crippen LogP contribution is -2.01. The van der Waals surface area contributed by atoms with Crippen LogP contribution in [0.3, 0.4) is 0 Å². The molecule has 0 bridgehead atoms. The largest absolute Gasteiger partial charge is 0.483 e.